The molecule has 0 radical (unpaired) electrons. The van der Waals surface area contributed by atoms with Gasteiger partial charge in [0.25, 0.3) is 0 Å². The van der Waals surface area contributed by atoms with Crippen LogP contribution < -0.4 is 10.6 Å². The fourth-order valence-corrected chi connectivity index (χ4v) is 2.49. The largest absolute Gasteiger partial charge is 0.357 e. The predicted molar refractivity (Wildman–Crippen MR) is 99.1 cm³/mol. The standard InChI is InChI=1S/C19H16FN3S/c20-16-7-4-8-17(12-16)23-19(24)22-13-18-11-15(9-10-21-18)14-5-2-1-3-6-14/h1-12H,13H2,(H2,22,23,24). The van der Waals surface area contributed by atoms with E-state index in [2.05, 4.69) is 27.8 Å². The Morgan fingerprint density at radius 2 is 1.79 bits per heavy atom. The molecule has 0 aliphatic heterocycles. The lowest BCUT2D eigenvalue weighted by Crippen LogP contribution is -2.28. The molecule has 1 aromatic heterocycles. The molecule has 0 atom stereocenters. The molecule has 0 spiro atoms. The van der Waals surface area contributed by atoms with Gasteiger partial charge < -0.3 is 10.6 Å². The zero-order valence-electron chi connectivity index (χ0n) is 12.9. The summed E-state index contributed by atoms with van der Waals surface area (Å²) in [6.07, 6.45) is 1.78. The van der Waals surface area contributed by atoms with Crippen molar-refractivity contribution in [2.75, 3.05) is 5.32 Å². The van der Waals surface area contributed by atoms with Crippen molar-refractivity contribution in [3.8, 4) is 11.1 Å². The zero-order valence-corrected chi connectivity index (χ0v) is 13.7. The molecule has 0 unspecified atom stereocenters. The quantitative estimate of drug-likeness (QED) is 0.693. The van der Waals surface area contributed by atoms with Crippen LogP contribution in [0.2, 0.25) is 0 Å². The highest BCUT2D eigenvalue weighted by atomic mass is 32.1. The Labute approximate surface area is 145 Å². The van der Waals surface area contributed by atoms with Crippen LogP contribution in [0.1, 0.15) is 5.69 Å². The summed E-state index contributed by atoms with van der Waals surface area (Å²) in [7, 11) is 0. The van der Waals surface area contributed by atoms with Gasteiger partial charge in [0.05, 0.1) is 12.2 Å². The van der Waals surface area contributed by atoms with Crippen molar-refractivity contribution >= 4 is 23.0 Å². The lowest BCUT2D eigenvalue weighted by Gasteiger charge is -2.11. The summed E-state index contributed by atoms with van der Waals surface area (Å²) < 4.78 is 13.2. The summed E-state index contributed by atoms with van der Waals surface area (Å²) in [6, 6.07) is 20.3. The first kappa shape index (κ1) is 16.1. The average molecular weight is 337 g/mol. The van der Waals surface area contributed by atoms with Crippen molar-refractivity contribution in [1.82, 2.24) is 10.3 Å². The number of pyridine rings is 1. The number of aromatic nitrogens is 1. The Bertz CT molecular complexity index is 837. The summed E-state index contributed by atoms with van der Waals surface area (Å²) in [5.74, 6) is -0.306. The van der Waals surface area contributed by atoms with E-state index in [4.69, 9.17) is 12.2 Å². The maximum atomic E-state index is 13.2. The van der Waals surface area contributed by atoms with Crippen LogP contribution in [0.25, 0.3) is 11.1 Å². The Kier molecular flexibility index (Phi) is 5.13. The maximum absolute atomic E-state index is 13.2. The van der Waals surface area contributed by atoms with Gasteiger partial charge in [-0.25, -0.2) is 4.39 Å². The smallest absolute Gasteiger partial charge is 0.171 e. The number of hydrogen-bond donors (Lipinski definition) is 2. The molecule has 2 aromatic carbocycles. The zero-order chi connectivity index (χ0) is 16.8. The molecule has 0 fully saturated rings. The van der Waals surface area contributed by atoms with Crippen LogP contribution in [-0.4, -0.2) is 10.1 Å². The minimum absolute atomic E-state index is 0.306. The highest BCUT2D eigenvalue weighted by molar-refractivity contribution is 7.80. The Balaban J connectivity index is 1.61. The number of nitrogens with zero attached hydrogens (tertiary/aromatic N) is 1. The first-order chi connectivity index (χ1) is 11.7. The van der Waals surface area contributed by atoms with Gasteiger partial charge in [-0.05, 0) is 53.7 Å². The van der Waals surface area contributed by atoms with Crippen LogP contribution in [-0.2, 0) is 6.54 Å². The second-order valence-electron chi connectivity index (χ2n) is 5.22. The second kappa shape index (κ2) is 7.66. The number of nitrogens with one attached hydrogen (secondary N) is 2. The van der Waals surface area contributed by atoms with Crippen molar-refractivity contribution in [1.29, 1.82) is 0 Å². The third kappa shape index (κ3) is 4.36. The van der Waals surface area contributed by atoms with Gasteiger partial charge in [0, 0.05) is 11.9 Å². The van der Waals surface area contributed by atoms with E-state index >= 15 is 0 Å². The molecule has 1 heterocycles. The van der Waals surface area contributed by atoms with Crippen molar-refractivity contribution in [2.24, 2.45) is 0 Å². The molecule has 3 rings (SSSR count). The van der Waals surface area contributed by atoms with E-state index in [9.17, 15) is 4.39 Å². The van der Waals surface area contributed by atoms with Crippen molar-refractivity contribution in [3.05, 3.63) is 84.4 Å². The second-order valence-corrected chi connectivity index (χ2v) is 5.63. The van der Waals surface area contributed by atoms with E-state index < -0.39 is 0 Å². The highest BCUT2D eigenvalue weighted by Crippen LogP contribution is 2.18. The number of anilines is 1. The molecule has 0 saturated heterocycles. The van der Waals surface area contributed by atoms with Gasteiger partial charge in [-0.15, -0.1) is 0 Å². The predicted octanol–water partition coefficient (Wildman–Crippen LogP) is 4.37. The molecule has 24 heavy (non-hydrogen) atoms. The lowest BCUT2D eigenvalue weighted by molar-refractivity contribution is 0.628. The van der Waals surface area contributed by atoms with Crippen LogP contribution in [0.4, 0.5) is 10.1 Å². The van der Waals surface area contributed by atoms with E-state index in [1.807, 2.05) is 30.3 Å². The molecule has 0 aliphatic carbocycles. The van der Waals surface area contributed by atoms with Gasteiger partial charge in [0.2, 0.25) is 0 Å². The molecule has 3 nitrogen and oxygen atoms in total. The van der Waals surface area contributed by atoms with E-state index in [1.54, 1.807) is 18.3 Å². The summed E-state index contributed by atoms with van der Waals surface area (Å²) in [6.45, 7) is 0.488. The number of rotatable bonds is 4. The molecule has 120 valence electrons. The van der Waals surface area contributed by atoms with E-state index in [0.29, 0.717) is 17.3 Å². The minimum Gasteiger partial charge on any atom is -0.357 e. The fraction of sp³-hybridized carbons (Fsp3) is 0.0526. The van der Waals surface area contributed by atoms with E-state index in [0.717, 1.165) is 16.8 Å². The van der Waals surface area contributed by atoms with Gasteiger partial charge in [0.15, 0.2) is 5.11 Å². The molecule has 2 N–H and O–H groups in total. The SMILES string of the molecule is Fc1cccc(NC(=S)NCc2cc(-c3ccccc3)ccn2)c1. The summed E-state index contributed by atoms with van der Waals surface area (Å²) >= 11 is 5.23. The summed E-state index contributed by atoms with van der Waals surface area (Å²) in [4.78, 5) is 4.35. The van der Waals surface area contributed by atoms with E-state index in [-0.39, 0.29) is 5.82 Å². The van der Waals surface area contributed by atoms with Crippen molar-refractivity contribution < 1.29 is 4.39 Å². The normalized spacial score (nSPS) is 10.2. The Morgan fingerprint density at radius 1 is 0.958 bits per heavy atom. The molecule has 0 bridgehead atoms. The van der Waals surface area contributed by atoms with Crippen LogP contribution in [0.3, 0.4) is 0 Å². The molecule has 5 heteroatoms. The average Bonchev–Trinajstić information content (AvgIpc) is 2.61. The van der Waals surface area contributed by atoms with Gasteiger partial charge in [-0.3, -0.25) is 4.98 Å². The topological polar surface area (TPSA) is 37.0 Å². The first-order valence-corrected chi connectivity index (χ1v) is 7.92. The van der Waals surface area contributed by atoms with Crippen molar-refractivity contribution in [2.45, 2.75) is 6.54 Å². The third-order valence-corrected chi connectivity index (χ3v) is 3.68. The van der Waals surface area contributed by atoms with E-state index in [1.165, 1.54) is 12.1 Å². The number of benzene rings is 2. The molecule has 0 saturated carbocycles. The monoisotopic (exact) mass is 337 g/mol. The number of thiocarbonyl (C=S) groups is 1. The maximum Gasteiger partial charge on any atom is 0.171 e. The van der Waals surface area contributed by atoms with Gasteiger partial charge in [-0.1, -0.05) is 36.4 Å². The van der Waals surface area contributed by atoms with Crippen LogP contribution in [0.5, 0.6) is 0 Å². The molecule has 3 aromatic rings. The number of halogens is 1. The van der Waals surface area contributed by atoms with Crippen molar-refractivity contribution in [3.63, 3.8) is 0 Å². The van der Waals surface area contributed by atoms with Gasteiger partial charge >= 0.3 is 0 Å². The molecule has 0 aliphatic rings. The highest BCUT2D eigenvalue weighted by Gasteiger charge is 2.02. The van der Waals surface area contributed by atoms with Crippen LogP contribution in [0, 0.1) is 5.82 Å². The lowest BCUT2D eigenvalue weighted by atomic mass is 10.1. The Morgan fingerprint density at radius 3 is 2.58 bits per heavy atom. The molecular weight excluding hydrogens is 321 g/mol. The molecule has 0 amide bonds. The van der Waals surface area contributed by atoms with Crippen LogP contribution >= 0.6 is 12.2 Å². The fourth-order valence-electron chi connectivity index (χ4n) is 2.30. The van der Waals surface area contributed by atoms with Gasteiger partial charge in [0.1, 0.15) is 5.82 Å². The Hall–Kier alpha value is -2.79. The van der Waals surface area contributed by atoms with Crippen LogP contribution in [0.15, 0.2) is 72.9 Å². The minimum atomic E-state index is -0.306. The first-order valence-electron chi connectivity index (χ1n) is 7.51. The summed E-state index contributed by atoms with van der Waals surface area (Å²) in [5.41, 5.74) is 3.73. The summed E-state index contributed by atoms with van der Waals surface area (Å²) in [5, 5.41) is 6.46. The molecular formula is C19H16FN3S. The number of hydrogen-bond acceptors (Lipinski definition) is 2. The van der Waals surface area contributed by atoms with Gasteiger partial charge in [-0.2, -0.15) is 0 Å². The third-order valence-electron chi connectivity index (χ3n) is 3.44.